The summed E-state index contributed by atoms with van der Waals surface area (Å²) < 4.78 is 0. The van der Waals surface area contributed by atoms with E-state index in [0.29, 0.717) is 12.5 Å². The third-order valence-corrected chi connectivity index (χ3v) is 12.3. The van der Waals surface area contributed by atoms with Gasteiger partial charge in [-0.15, -0.1) is 0 Å². The number of amides is 1. The molecular formula is C22H39NOSi. The lowest BCUT2D eigenvalue weighted by molar-refractivity contribution is -0.121. The van der Waals surface area contributed by atoms with Crippen LogP contribution in [0.3, 0.4) is 0 Å². The summed E-state index contributed by atoms with van der Waals surface area (Å²) in [6.07, 6.45) is 7.48. The maximum Gasteiger partial charge on any atom is 0.220 e. The molecule has 2 nitrogen and oxygen atoms in total. The molecule has 1 aromatic rings. The highest BCUT2D eigenvalue weighted by molar-refractivity contribution is 6.83. The number of benzene rings is 1. The zero-order valence-corrected chi connectivity index (χ0v) is 17.9. The van der Waals surface area contributed by atoms with Gasteiger partial charge < -0.3 is 5.32 Å². The van der Waals surface area contributed by atoms with Gasteiger partial charge in [0.15, 0.2) is 0 Å². The summed E-state index contributed by atoms with van der Waals surface area (Å²) in [5, 5.41) is 3.26. The molecule has 0 aliphatic heterocycles. The Balaban J connectivity index is 2.72. The van der Waals surface area contributed by atoms with E-state index < -0.39 is 8.07 Å². The third kappa shape index (κ3) is 6.97. The molecule has 0 saturated carbocycles. The Labute approximate surface area is 156 Å². The number of hydrogen-bond acceptors (Lipinski definition) is 1. The second kappa shape index (κ2) is 12.3. The van der Waals surface area contributed by atoms with Gasteiger partial charge in [-0.25, -0.2) is 0 Å². The molecule has 0 aliphatic carbocycles. The van der Waals surface area contributed by atoms with E-state index in [1.54, 1.807) is 0 Å². The van der Waals surface area contributed by atoms with E-state index >= 15 is 0 Å². The van der Waals surface area contributed by atoms with Crippen LogP contribution >= 0.6 is 0 Å². The van der Waals surface area contributed by atoms with Crippen LogP contribution in [0, 0.1) is 0 Å². The molecule has 142 valence electrons. The summed E-state index contributed by atoms with van der Waals surface area (Å²) in [4.78, 5) is 13.1. The topological polar surface area (TPSA) is 29.1 Å². The molecule has 1 N–H and O–H groups in total. The fraction of sp³-hybridized carbons (Fsp3) is 0.682. The lowest BCUT2D eigenvalue weighted by atomic mass is 10.1. The number of rotatable bonds is 13. The first kappa shape index (κ1) is 21.9. The number of hydrogen-bond donors (Lipinski definition) is 1. The highest BCUT2D eigenvalue weighted by Crippen LogP contribution is 2.37. The molecule has 1 unspecified atom stereocenters. The lowest BCUT2D eigenvalue weighted by Crippen LogP contribution is -2.45. The molecule has 0 aromatic heterocycles. The van der Waals surface area contributed by atoms with Crippen LogP contribution in [0.2, 0.25) is 23.7 Å². The van der Waals surface area contributed by atoms with E-state index in [1.165, 1.54) is 55.8 Å². The fourth-order valence-electron chi connectivity index (χ4n) is 4.06. The molecule has 0 spiro atoms. The Hall–Kier alpha value is -1.09. The molecular weight excluding hydrogens is 322 g/mol. The van der Waals surface area contributed by atoms with Crippen LogP contribution < -0.4 is 5.32 Å². The minimum absolute atomic E-state index is 0.276. The Morgan fingerprint density at radius 1 is 0.920 bits per heavy atom. The number of carbonyl (C=O) groups excluding carboxylic acids is 1. The monoisotopic (exact) mass is 361 g/mol. The first-order valence-corrected chi connectivity index (χ1v) is 13.1. The van der Waals surface area contributed by atoms with Crippen molar-refractivity contribution in [1.29, 1.82) is 0 Å². The normalized spacial score (nSPS) is 12.8. The second-order valence-corrected chi connectivity index (χ2v) is 12.9. The summed E-state index contributed by atoms with van der Waals surface area (Å²) in [5.41, 5.74) is 1.46. The molecule has 1 aromatic carbocycles. The summed E-state index contributed by atoms with van der Waals surface area (Å²) in [6.45, 7) is 9.85. The standard InChI is InChI=1S/C22H39NOSi/c1-5-9-10-11-15-18-21(25(6-2,7-3)8-4)22(24)23-19-20-16-13-12-14-17-20/h12-14,16-17,21H,5-11,15,18-19H2,1-4H3,(H,23,24). The van der Waals surface area contributed by atoms with Crippen molar-refractivity contribution in [2.24, 2.45) is 0 Å². The van der Waals surface area contributed by atoms with Crippen LogP contribution in [0.15, 0.2) is 30.3 Å². The molecule has 1 amide bonds. The molecule has 25 heavy (non-hydrogen) atoms. The maximum absolute atomic E-state index is 13.1. The molecule has 1 rings (SSSR count). The summed E-state index contributed by atoms with van der Waals surface area (Å²) >= 11 is 0. The Morgan fingerprint density at radius 2 is 1.52 bits per heavy atom. The summed E-state index contributed by atoms with van der Waals surface area (Å²) in [6, 6.07) is 13.9. The van der Waals surface area contributed by atoms with Crippen molar-refractivity contribution in [3.63, 3.8) is 0 Å². The summed E-state index contributed by atoms with van der Waals surface area (Å²) in [7, 11) is -1.53. The van der Waals surface area contributed by atoms with Crippen LogP contribution in [0.25, 0.3) is 0 Å². The predicted molar refractivity (Wildman–Crippen MR) is 113 cm³/mol. The van der Waals surface area contributed by atoms with Gasteiger partial charge in [-0.2, -0.15) is 0 Å². The smallest absolute Gasteiger partial charge is 0.220 e. The van der Waals surface area contributed by atoms with Gasteiger partial charge in [0.2, 0.25) is 5.91 Å². The van der Waals surface area contributed by atoms with Crippen molar-refractivity contribution >= 4 is 14.0 Å². The van der Waals surface area contributed by atoms with Crippen molar-refractivity contribution < 1.29 is 4.79 Å². The van der Waals surface area contributed by atoms with Crippen LogP contribution in [-0.4, -0.2) is 14.0 Å². The van der Waals surface area contributed by atoms with Gasteiger partial charge in [-0.1, -0.05) is 108 Å². The maximum atomic E-state index is 13.1. The molecule has 0 bridgehead atoms. The van der Waals surface area contributed by atoms with E-state index in [0.717, 1.165) is 6.42 Å². The van der Waals surface area contributed by atoms with Gasteiger partial charge in [-0.05, 0) is 12.0 Å². The van der Waals surface area contributed by atoms with Gasteiger partial charge in [0, 0.05) is 12.1 Å². The molecule has 0 radical (unpaired) electrons. The number of carbonyl (C=O) groups is 1. The SMILES string of the molecule is CCCCCCCC(C(=O)NCc1ccccc1)[Si](CC)(CC)CC. The lowest BCUT2D eigenvalue weighted by Gasteiger charge is -2.36. The third-order valence-electron chi connectivity index (χ3n) is 6.07. The van der Waals surface area contributed by atoms with Gasteiger partial charge >= 0.3 is 0 Å². The van der Waals surface area contributed by atoms with E-state index in [-0.39, 0.29) is 5.54 Å². The van der Waals surface area contributed by atoms with Crippen LogP contribution in [0.1, 0.15) is 71.8 Å². The Bertz CT molecular complexity index is 462. The van der Waals surface area contributed by atoms with Crippen molar-refractivity contribution in [2.45, 2.75) is 96.4 Å². The van der Waals surface area contributed by atoms with Crippen LogP contribution in [0.5, 0.6) is 0 Å². The van der Waals surface area contributed by atoms with Crippen molar-refractivity contribution in [2.75, 3.05) is 0 Å². The molecule has 0 heterocycles. The second-order valence-electron chi connectivity index (χ2n) is 7.38. The highest BCUT2D eigenvalue weighted by Gasteiger charge is 2.40. The largest absolute Gasteiger partial charge is 0.352 e. The Kier molecular flexibility index (Phi) is 10.8. The van der Waals surface area contributed by atoms with E-state index in [2.05, 4.69) is 45.1 Å². The van der Waals surface area contributed by atoms with E-state index in [4.69, 9.17) is 0 Å². The molecule has 0 aliphatic rings. The van der Waals surface area contributed by atoms with E-state index in [1.807, 2.05) is 18.2 Å². The molecule has 3 heteroatoms. The van der Waals surface area contributed by atoms with Gasteiger partial charge in [0.25, 0.3) is 0 Å². The quantitative estimate of drug-likeness (QED) is 0.313. The minimum Gasteiger partial charge on any atom is -0.352 e. The number of unbranched alkanes of at least 4 members (excludes halogenated alkanes) is 4. The van der Waals surface area contributed by atoms with Gasteiger partial charge in [-0.3, -0.25) is 4.79 Å². The first-order valence-electron chi connectivity index (χ1n) is 10.4. The fourth-order valence-corrected chi connectivity index (χ4v) is 8.52. The summed E-state index contributed by atoms with van der Waals surface area (Å²) in [5.74, 6) is 0.316. The first-order chi connectivity index (χ1) is 12.1. The molecule has 1 atom stereocenters. The van der Waals surface area contributed by atoms with Crippen molar-refractivity contribution in [1.82, 2.24) is 5.32 Å². The zero-order valence-electron chi connectivity index (χ0n) is 16.9. The van der Waals surface area contributed by atoms with E-state index in [9.17, 15) is 4.79 Å². The Morgan fingerprint density at radius 3 is 2.08 bits per heavy atom. The highest BCUT2D eigenvalue weighted by atomic mass is 28.3. The minimum atomic E-state index is -1.53. The van der Waals surface area contributed by atoms with Gasteiger partial charge in [0.1, 0.15) is 0 Å². The molecule has 0 fully saturated rings. The zero-order chi connectivity index (χ0) is 18.5. The van der Waals surface area contributed by atoms with Crippen molar-refractivity contribution in [3.8, 4) is 0 Å². The van der Waals surface area contributed by atoms with Gasteiger partial charge in [0.05, 0.1) is 8.07 Å². The average molecular weight is 362 g/mol. The number of nitrogens with one attached hydrogen (secondary N) is 1. The van der Waals surface area contributed by atoms with Crippen molar-refractivity contribution in [3.05, 3.63) is 35.9 Å². The molecule has 0 saturated heterocycles. The van der Waals surface area contributed by atoms with Crippen LogP contribution in [0.4, 0.5) is 0 Å². The predicted octanol–water partition coefficient (Wildman–Crippen LogP) is 6.54. The van der Waals surface area contributed by atoms with Crippen LogP contribution in [-0.2, 0) is 11.3 Å². The average Bonchev–Trinajstić information content (AvgIpc) is 2.66.